The van der Waals surface area contributed by atoms with Gasteiger partial charge in [0.1, 0.15) is 0 Å². The summed E-state index contributed by atoms with van der Waals surface area (Å²) in [6.45, 7) is -0.988. The van der Waals surface area contributed by atoms with Crippen LogP contribution in [0.2, 0.25) is 0 Å². The number of ketones is 1. The lowest BCUT2D eigenvalue weighted by atomic mass is 10.1. The number of carbonyl (C=O) groups is 1. The van der Waals surface area contributed by atoms with Gasteiger partial charge in [0.25, 0.3) is 0 Å². The van der Waals surface area contributed by atoms with Crippen LogP contribution in [0.5, 0.6) is 11.5 Å². The second kappa shape index (κ2) is 7.54. The lowest BCUT2D eigenvalue weighted by molar-refractivity contribution is -0.0512. The molecule has 2 aromatic rings. The fourth-order valence-corrected chi connectivity index (χ4v) is 2.06. The van der Waals surface area contributed by atoms with Gasteiger partial charge in [-0.25, -0.2) is 0 Å². The summed E-state index contributed by atoms with van der Waals surface area (Å²) in [6.07, 6.45) is 3.13. The third kappa shape index (κ3) is 4.64. The van der Waals surface area contributed by atoms with Crippen molar-refractivity contribution in [3.63, 3.8) is 0 Å². The number of aryl methyl sites for hydroxylation is 1. The number of halogens is 2. The maximum atomic E-state index is 12.3. The van der Waals surface area contributed by atoms with Crippen LogP contribution in [0.15, 0.2) is 48.5 Å². The summed E-state index contributed by atoms with van der Waals surface area (Å²) < 4.78 is 33.9. The van der Waals surface area contributed by atoms with Gasteiger partial charge in [-0.3, -0.25) is 4.79 Å². The highest BCUT2D eigenvalue weighted by Crippen LogP contribution is 2.29. The van der Waals surface area contributed by atoms with Crippen molar-refractivity contribution in [3.8, 4) is 11.5 Å². The molecular weight excluding hydrogens is 302 g/mol. The number of ether oxygens (including phenoxy) is 2. The van der Waals surface area contributed by atoms with Gasteiger partial charge in [-0.05, 0) is 36.8 Å². The molecule has 23 heavy (non-hydrogen) atoms. The zero-order valence-electron chi connectivity index (χ0n) is 12.8. The van der Waals surface area contributed by atoms with E-state index < -0.39 is 6.61 Å². The first-order valence-corrected chi connectivity index (χ1v) is 6.91. The van der Waals surface area contributed by atoms with Crippen molar-refractivity contribution in [2.75, 3.05) is 7.11 Å². The maximum Gasteiger partial charge on any atom is 0.387 e. The summed E-state index contributed by atoms with van der Waals surface area (Å²) in [5.41, 5.74) is 2.32. The van der Waals surface area contributed by atoms with Crippen LogP contribution in [-0.4, -0.2) is 19.5 Å². The Morgan fingerprint density at radius 1 is 1.13 bits per heavy atom. The molecule has 0 amide bonds. The molecule has 0 aromatic heterocycles. The Bertz CT molecular complexity index is 724. The molecular formula is C18H16F2O3. The molecule has 0 bridgehead atoms. The number of hydrogen-bond acceptors (Lipinski definition) is 3. The Morgan fingerprint density at radius 2 is 1.91 bits per heavy atom. The highest BCUT2D eigenvalue weighted by molar-refractivity contribution is 6.07. The number of allylic oxidation sites excluding steroid dienone is 1. The molecule has 0 fully saturated rings. The molecule has 0 aliphatic heterocycles. The van der Waals surface area contributed by atoms with Crippen molar-refractivity contribution in [2.45, 2.75) is 13.5 Å². The number of carbonyl (C=O) groups excluding carboxylic acids is 1. The minimum atomic E-state index is -2.95. The summed E-state index contributed by atoms with van der Waals surface area (Å²) in [6, 6.07) is 11.8. The van der Waals surface area contributed by atoms with Crippen molar-refractivity contribution in [3.05, 3.63) is 65.2 Å². The average molecular weight is 318 g/mol. The fraction of sp³-hybridized carbons (Fsp3) is 0.167. The molecule has 0 N–H and O–H groups in total. The van der Waals surface area contributed by atoms with Gasteiger partial charge in [0.2, 0.25) is 0 Å². The van der Waals surface area contributed by atoms with Crippen LogP contribution in [0.1, 0.15) is 21.5 Å². The number of hydrogen-bond donors (Lipinski definition) is 0. The van der Waals surface area contributed by atoms with Gasteiger partial charge in [0.15, 0.2) is 17.3 Å². The van der Waals surface area contributed by atoms with E-state index in [1.54, 1.807) is 6.08 Å². The van der Waals surface area contributed by atoms with Crippen LogP contribution in [0.3, 0.4) is 0 Å². The van der Waals surface area contributed by atoms with Gasteiger partial charge in [0, 0.05) is 5.56 Å². The molecule has 2 aromatic carbocycles. The van der Waals surface area contributed by atoms with E-state index in [4.69, 9.17) is 4.74 Å². The van der Waals surface area contributed by atoms with Crippen molar-refractivity contribution in [1.29, 1.82) is 0 Å². The molecule has 0 spiro atoms. The molecule has 0 heterocycles. The van der Waals surface area contributed by atoms with E-state index >= 15 is 0 Å². The summed E-state index contributed by atoms with van der Waals surface area (Å²) in [4.78, 5) is 12.2. The monoisotopic (exact) mass is 318 g/mol. The van der Waals surface area contributed by atoms with Crippen LogP contribution in [0.25, 0.3) is 6.08 Å². The number of alkyl halides is 2. The Labute approximate surface area is 133 Å². The minimum Gasteiger partial charge on any atom is -0.493 e. The smallest absolute Gasteiger partial charge is 0.387 e. The second-order valence-electron chi connectivity index (χ2n) is 4.86. The van der Waals surface area contributed by atoms with Crippen molar-refractivity contribution < 1.29 is 23.0 Å². The molecule has 0 atom stereocenters. The summed E-state index contributed by atoms with van der Waals surface area (Å²) in [5.74, 6) is -0.282. The van der Waals surface area contributed by atoms with Crippen molar-refractivity contribution >= 4 is 11.9 Å². The number of benzene rings is 2. The van der Waals surface area contributed by atoms with Gasteiger partial charge >= 0.3 is 6.61 Å². The predicted octanol–water partition coefficient (Wildman–Crippen LogP) is 4.50. The summed E-state index contributed by atoms with van der Waals surface area (Å²) >= 11 is 0. The van der Waals surface area contributed by atoms with Crippen LogP contribution in [-0.2, 0) is 0 Å². The fourth-order valence-electron chi connectivity index (χ4n) is 2.06. The topological polar surface area (TPSA) is 35.5 Å². The molecule has 5 heteroatoms. The third-order valence-electron chi connectivity index (χ3n) is 3.13. The van der Waals surface area contributed by atoms with E-state index in [1.165, 1.54) is 31.4 Å². The first kappa shape index (κ1) is 16.7. The van der Waals surface area contributed by atoms with E-state index in [2.05, 4.69) is 4.74 Å². The third-order valence-corrected chi connectivity index (χ3v) is 3.13. The standard InChI is InChI=1S/C18H16F2O3/c1-12-4-3-5-13(10-12)6-8-15(21)14-7-9-16(23-18(19)20)17(11-14)22-2/h3-11,18H,1-2H3/b8-6+. The summed E-state index contributed by atoms with van der Waals surface area (Å²) in [5, 5.41) is 0. The normalized spacial score (nSPS) is 11.0. The lowest BCUT2D eigenvalue weighted by Crippen LogP contribution is -2.04. The SMILES string of the molecule is COc1cc(C(=O)/C=C/c2cccc(C)c2)ccc1OC(F)F. The van der Waals surface area contributed by atoms with E-state index in [0.717, 1.165) is 11.1 Å². The quantitative estimate of drug-likeness (QED) is 0.581. The van der Waals surface area contributed by atoms with E-state index in [-0.39, 0.29) is 17.3 Å². The zero-order valence-corrected chi connectivity index (χ0v) is 12.8. The van der Waals surface area contributed by atoms with E-state index in [0.29, 0.717) is 5.56 Å². The van der Waals surface area contributed by atoms with E-state index in [1.807, 2.05) is 31.2 Å². The number of methoxy groups -OCH3 is 1. The minimum absolute atomic E-state index is 0.0834. The van der Waals surface area contributed by atoms with Crippen molar-refractivity contribution in [2.24, 2.45) is 0 Å². The Balaban J connectivity index is 2.19. The Kier molecular flexibility index (Phi) is 5.46. The molecule has 0 unspecified atom stereocenters. The summed E-state index contributed by atoms with van der Waals surface area (Å²) in [7, 11) is 1.32. The molecule has 120 valence electrons. The number of rotatable bonds is 6. The maximum absolute atomic E-state index is 12.3. The first-order chi connectivity index (χ1) is 11.0. The van der Waals surface area contributed by atoms with Crippen LogP contribution < -0.4 is 9.47 Å². The first-order valence-electron chi connectivity index (χ1n) is 6.91. The van der Waals surface area contributed by atoms with Crippen molar-refractivity contribution in [1.82, 2.24) is 0 Å². The van der Waals surface area contributed by atoms with Gasteiger partial charge in [-0.1, -0.05) is 35.9 Å². The van der Waals surface area contributed by atoms with E-state index in [9.17, 15) is 13.6 Å². The zero-order chi connectivity index (χ0) is 16.8. The highest BCUT2D eigenvalue weighted by Gasteiger charge is 2.13. The van der Waals surface area contributed by atoms with Gasteiger partial charge in [-0.15, -0.1) is 0 Å². The lowest BCUT2D eigenvalue weighted by Gasteiger charge is -2.10. The molecule has 0 radical (unpaired) electrons. The average Bonchev–Trinajstić information content (AvgIpc) is 2.52. The Morgan fingerprint density at radius 3 is 2.57 bits per heavy atom. The Hall–Kier alpha value is -2.69. The predicted molar refractivity (Wildman–Crippen MR) is 84.2 cm³/mol. The van der Waals surface area contributed by atoms with Gasteiger partial charge in [0.05, 0.1) is 7.11 Å². The van der Waals surface area contributed by atoms with Gasteiger partial charge in [-0.2, -0.15) is 8.78 Å². The second-order valence-corrected chi connectivity index (χ2v) is 4.86. The van der Waals surface area contributed by atoms with Crippen LogP contribution >= 0.6 is 0 Å². The molecule has 0 aliphatic carbocycles. The molecule has 0 saturated heterocycles. The molecule has 2 rings (SSSR count). The van der Waals surface area contributed by atoms with Gasteiger partial charge < -0.3 is 9.47 Å². The molecule has 3 nitrogen and oxygen atoms in total. The van der Waals surface area contributed by atoms with Crippen LogP contribution in [0, 0.1) is 6.92 Å². The molecule has 0 aliphatic rings. The molecule has 0 saturated carbocycles. The van der Waals surface area contributed by atoms with Crippen LogP contribution in [0.4, 0.5) is 8.78 Å². The largest absolute Gasteiger partial charge is 0.493 e. The highest BCUT2D eigenvalue weighted by atomic mass is 19.3.